The van der Waals surface area contributed by atoms with E-state index in [1.54, 1.807) is 22.5 Å². The van der Waals surface area contributed by atoms with Crippen LogP contribution in [0.4, 0.5) is 0 Å². The van der Waals surface area contributed by atoms with Crippen LogP contribution in [-0.2, 0) is 16.0 Å². The zero-order chi connectivity index (χ0) is 24.0. The molecule has 0 radical (unpaired) electrons. The number of aromatic nitrogens is 5. The topological polar surface area (TPSA) is 139 Å². The van der Waals surface area contributed by atoms with Gasteiger partial charge in [0.25, 0.3) is 0 Å². The van der Waals surface area contributed by atoms with Crippen molar-refractivity contribution in [3.8, 4) is 16.8 Å². The molecule has 0 saturated carbocycles. The van der Waals surface area contributed by atoms with Crippen LogP contribution in [0.25, 0.3) is 10.7 Å². The van der Waals surface area contributed by atoms with E-state index in [0.29, 0.717) is 20.8 Å². The first-order chi connectivity index (χ1) is 15.8. The SMILES string of the molecule is CO[C@@H](Cn1cc(-c2nc(Cl)cs2)nn1)C(OC(CO)[C@@H](C)O)Sc1cc(C)cnc1C#N. The van der Waals surface area contributed by atoms with Crippen LogP contribution in [0.1, 0.15) is 18.2 Å². The maximum atomic E-state index is 10.0. The van der Waals surface area contributed by atoms with Gasteiger partial charge in [0.2, 0.25) is 0 Å². The summed E-state index contributed by atoms with van der Waals surface area (Å²) in [6.45, 7) is 3.26. The number of thiazole rings is 1. The molecule has 0 aliphatic carbocycles. The van der Waals surface area contributed by atoms with Crippen molar-refractivity contribution in [3.63, 3.8) is 0 Å². The van der Waals surface area contributed by atoms with Crippen molar-refractivity contribution in [3.05, 3.63) is 40.3 Å². The van der Waals surface area contributed by atoms with Gasteiger partial charge in [-0.15, -0.1) is 16.4 Å². The second-order valence-electron chi connectivity index (χ2n) is 7.13. The quantitative estimate of drug-likeness (QED) is 0.292. The van der Waals surface area contributed by atoms with Gasteiger partial charge in [0.1, 0.15) is 39.6 Å². The molecular weight excluding hydrogens is 488 g/mol. The molecule has 3 aromatic heterocycles. The summed E-state index contributed by atoms with van der Waals surface area (Å²) in [6.07, 6.45) is 0.974. The lowest BCUT2D eigenvalue weighted by Gasteiger charge is -2.30. The molecule has 0 aliphatic heterocycles. The van der Waals surface area contributed by atoms with Gasteiger partial charge in [-0.1, -0.05) is 28.6 Å². The lowest BCUT2D eigenvalue weighted by atomic mass is 10.2. The molecule has 33 heavy (non-hydrogen) atoms. The van der Waals surface area contributed by atoms with E-state index in [0.717, 1.165) is 5.56 Å². The van der Waals surface area contributed by atoms with E-state index in [2.05, 4.69) is 26.3 Å². The smallest absolute Gasteiger partial charge is 0.154 e. The summed E-state index contributed by atoms with van der Waals surface area (Å²) >= 11 is 8.49. The van der Waals surface area contributed by atoms with Gasteiger partial charge < -0.3 is 19.7 Å². The van der Waals surface area contributed by atoms with Crippen molar-refractivity contribution < 1.29 is 19.7 Å². The van der Waals surface area contributed by atoms with Gasteiger partial charge in [-0.05, 0) is 25.5 Å². The highest BCUT2D eigenvalue weighted by atomic mass is 35.5. The lowest BCUT2D eigenvalue weighted by molar-refractivity contribution is -0.105. The average molecular weight is 511 g/mol. The van der Waals surface area contributed by atoms with Crippen LogP contribution in [0.2, 0.25) is 5.15 Å². The highest BCUT2D eigenvalue weighted by Gasteiger charge is 2.30. The number of aliphatic hydroxyl groups excluding tert-OH is 2. The van der Waals surface area contributed by atoms with E-state index in [-0.39, 0.29) is 18.8 Å². The number of nitriles is 1. The van der Waals surface area contributed by atoms with Gasteiger partial charge in [0.15, 0.2) is 5.69 Å². The standard InChI is InChI=1S/C20H23ClN6O4S2/c1-11-4-17(13(5-22)23-6-11)33-20(31-16(9-28)12(2)29)15(30-3)8-27-7-14(25-26-27)19-24-18(21)10-32-19/h4,6-7,10,12,15-16,20,28-29H,8-9H2,1-3H3/t12-,15+,16?,20?/m1/s1. The summed E-state index contributed by atoms with van der Waals surface area (Å²) in [7, 11) is 1.52. The van der Waals surface area contributed by atoms with Gasteiger partial charge in [-0.25, -0.2) is 14.6 Å². The van der Waals surface area contributed by atoms with E-state index in [1.165, 1.54) is 37.1 Å². The summed E-state index contributed by atoms with van der Waals surface area (Å²) in [5.74, 6) is 0. The first-order valence-electron chi connectivity index (χ1n) is 9.86. The van der Waals surface area contributed by atoms with Crippen molar-refractivity contribution in [2.24, 2.45) is 0 Å². The Labute approximate surface area is 204 Å². The Kier molecular flexibility index (Phi) is 9.16. The third kappa shape index (κ3) is 6.70. The van der Waals surface area contributed by atoms with Crippen LogP contribution >= 0.6 is 34.7 Å². The molecule has 3 heterocycles. The molecule has 10 nitrogen and oxygen atoms in total. The maximum absolute atomic E-state index is 10.0. The van der Waals surface area contributed by atoms with E-state index in [4.69, 9.17) is 21.1 Å². The second-order valence-corrected chi connectivity index (χ2v) is 9.52. The predicted molar refractivity (Wildman–Crippen MR) is 124 cm³/mol. The van der Waals surface area contributed by atoms with Gasteiger partial charge in [-0.2, -0.15) is 5.26 Å². The molecule has 3 aromatic rings. The minimum Gasteiger partial charge on any atom is -0.394 e. The molecular formula is C20H23ClN6O4S2. The van der Waals surface area contributed by atoms with Crippen LogP contribution in [-0.4, -0.2) is 72.6 Å². The van der Waals surface area contributed by atoms with E-state index >= 15 is 0 Å². The highest BCUT2D eigenvalue weighted by molar-refractivity contribution is 7.99. The van der Waals surface area contributed by atoms with Gasteiger partial charge in [0.05, 0.1) is 25.5 Å². The zero-order valence-corrected chi connectivity index (χ0v) is 20.5. The van der Waals surface area contributed by atoms with Crippen LogP contribution in [0, 0.1) is 18.3 Å². The highest BCUT2D eigenvalue weighted by Crippen LogP contribution is 2.32. The van der Waals surface area contributed by atoms with Crippen molar-refractivity contribution >= 4 is 34.7 Å². The monoisotopic (exact) mass is 510 g/mol. The fraction of sp³-hybridized carbons (Fsp3) is 0.450. The summed E-state index contributed by atoms with van der Waals surface area (Å²) in [4.78, 5) is 8.97. The molecule has 3 rings (SSSR count). The molecule has 0 aliphatic rings. The van der Waals surface area contributed by atoms with Crippen molar-refractivity contribution in [1.82, 2.24) is 25.0 Å². The third-order valence-electron chi connectivity index (χ3n) is 4.57. The normalized spacial score (nSPS) is 15.1. The molecule has 0 aromatic carbocycles. The summed E-state index contributed by atoms with van der Waals surface area (Å²) in [5, 5.41) is 40.2. The number of halogens is 1. The fourth-order valence-electron chi connectivity index (χ4n) is 2.83. The summed E-state index contributed by atoms with van der Waals surface area (Å²) in [6, 6.07) is 3.91. The Morgan fingerprint density at radius 3 is 2.79 bits per heavy atom. The number of nitrogens with zero attached hydrogens (tertiary/aromatic N) is 6. The Morgan fingerprint density at radius 1 is 1.39 bits per heavy atom. The third-order valence-corrected chi connectivity index (χ3v) is 6.97. The number of rotatable bonds is 11. The van der Waals surface area contributed by atoms with Crippen molar-refractivity contribution in [2.75, 3.05) is 13.7 Å². The molecule has 0 saturated heterocycles. The van der Waals surface area contributed by atoms with Gasteiger partial charge in [0, 0.05) is 23.6 Å². The predicted octanol–water partition coefficient (Wildman–Crippen LogP) is 2.52. The minimum absolute atomic E-state index is 0.246. The maximum Gasteiger partial charge on any atom is 0.154 e. The molecule has 0 bridgehead atoms. The van der Waals surface area contributed by atoms with Crippen molar-refractivity contribution in [1.29, 1.82) is 5.26 Å². The summed E-state index contributed by atoms with van der Waals surface area (Å²) in [5.41, 5.74) is 0.981. The van der Waals surface area contributed by atoms with Crippen LogP contribution in [0.5, 0.6) is 0 Å². The number of aryl methyl sites for hydroxylation is 1. The minimum atomic E-state index is -0.922. The molecule has 13 heteroatoms. The molecule has 2 unspecified atom stereocenters. The average Bonchev–Trinajstić information content (AvgIpc) is 3.43. The Morgan fingerprint density at radius 2 is 2.18 bits per heavy atom. The van der Waals surface area contributed by atoms with Gasteiger partial charge in [-0.3, -0.25) is 0 Å². The largest absolute Gasteiger partial charge is 0.394 e. The second kappa shape index (κ2) is 11.8. The molecule has 0 amide bonds. The van der Waals surface area contributed by atoms with Crippen LogP contribution in [0.15, 0.2) is 28.7 Å². The van der Waals surface area contributed by atoms with Crippen molar-refractivity contribution in [2.45, 2.75) is 49.0 Å². The lowest BCUT2D eigenvalue weighted by Crippen LogP contribution is -2.40. The number of ether oxygens (including phenoxy) is 2. The Balaban J connectivity index is 1.86. The van der Waals surface area contributed by atoms with Crippen LogP contribution in [0.3, 0.4) is 0 Å². The van der Waals surface area contributed by atoms with E-state index < -0.39 is 23.7 Å². The molecule has 4 atom stereocenters. The number of aliphatic hydroxyl groups is 2. The molecule has 0 spiro atoms. The number of hydrogen-bond donors (Lipinski definition) is 2. The Hall–Kier alpha value is -2.11. The number of hydrogen-bond acceptors (Lipinski definition) is 11. The first kappa shape index (κ1) is 25.5. The molecule has 176 valence electrons. The van der Waals surface area contributed by atoms with Gasteiger partial charge >= 0.3 is 0 Å². The van der Waals surface area contributed by atoms with E-state index in [1.807, 2.05) is 13.0 Å². The number of pyridine rings is 1. The number of methoxy groups -OCH3 is 1. The fourth-order valence-corrected chi connectivity index (χ4v) is 4.98. The molecule has 0 fully saturated rings. The number of thioether (sulfide) groups is 1. The van der Waals surface area contributed by atoms with Crippen LogP contribution < -0.4 is 0 Å². The van der Waals surface area contributed by atoms with E-state index in [9.17, 15) is 15.5 Å². The zero-order valence-electron chi connectivity index (χ0n) is 18.1. The Bertz CT molecular complexity index is 1100. The summed E-state index contributed by atoms with van der Waals surface area (Å²) < 4.78 is 13.3. The molecule has 2 N–H and O–H groups in total. The first-order valence-corrected chi connectivity index (χ1v) is 12.0.